The van der Waals surface area contributed by atoms with Gasteiger partial charge in [0.2, 0.25) is 17.4 Å². The first-order valence-electron chi connectivity index (χ1n) is 17.7. The first-order chi connectivity index (χ1) is 25.1. The van der Waals surface area contributed by atoms with Crippen LogP contribution in [0.1, 0.15) is 55.2 Å². The second-order valence-corrected chi connectivity index (χ2v) is 13.4. The van der Waals surface area contributed by atoms with Crippen molar-refractivity contribution in [3.05, 3.63) is 71.3 Å². The Bertz CT molecular complexity index is 1640. The highest BCUT2D eigenvalue weighted by Crippen LogP contribution is 2.45. The lowest BCUT2D eigenvalue weighted by atomic mass is 9.92. The summed E-state index contributed by atoms with van der Waals surface area (Å²) in [5.74, 6) is -3.52. The lowest BCUT2D eigenvalue weighted by Crippen LogP contribution is -2.61. The van der Waals surface area contributed by atoms with Gasteiger partial charge in [-0.3, -0.25) is 9.59 Å². The number of hydrogen-bond donors (Lipinski definition) is 0. The predicted octanol–water partition coefficient (Wildman–Crippen LogP) is 6.69. The fourth-order valence-corrected chi connectivity index (χ4v) is 7.63. The molecule has 2 fully saturated rings. The molecule has 5 rings (SSSR count). The van der Waals surface area contributed by atoms with Crippen molar-refractivity contribution in [2.45, 2.75) is 69.4 Å². The van der Waals surface area contributed by atoms with Gasteiger partial charge in [-0.15, -0.1) is 0 Å². The number of fused-ring (bicyclic) bond motifs is 2. The number of alkyl halides is 2. The average Bonchev–Trinajstić information content (AvgIpc) is 3.51. The maximum atomic E-state index is 16.0. The Balaban J connectivity index is 1.30. The van der Waals surface area contributed by atoms with Crippen molar-refractivity contribution in [1.29, 1.82) is 0 Å². The van der Waals surface area contributed by atoms with E-state index in [2.05, 4.69) is 12.1 Å². The number of likely N-dealkylation sites (tertiary alicyclic amines) is 1. The Hall–Kier alpha value is -4.74. The summed E-state index contributed by atoms with van der Waals surface area (Å²) >= 11 is 0. The fourth-order valence-electron chi connectivity index (χ4n) is 7.63. The highest BCUT2D eigenvalue weighted by atomic mass is 19.3. The lowest BCUT2D eigenvalue weighted by molar-refractivity contribution is -0.170. The van der Waals surface area contributed by atoms with Crippen LogP contribution in [-0.2, 0) is 28.4 Å². The van der Waals surface area contributed by atoms with Crippen LogP contribution in [0.2, 0.25) is 0 Å². The zero-order valence-corrected chi connectivity index (χ0v) is 30.9. The smallest absolute Gasteiger partial charge is 0.350 e. The highest BCUT2D eigenvalue weighted by Gasteiger charge is 2.55. The van der Waals surface area contributed by atoms with Crippen LogP contribution in [0.25, 0.3) is 0 Å². The number of carbonyl (C=O) groups excluding carboxylic acids is 2. The molecule has 0 aromatic heterocycles. The minimum Gasteiger partial charge on any atom is -0.493 e. The van der Waals surface area contributed by atoms with Crippen molar-refractivity contribution in [3.63, 3.8) is 0 Å². The van der Waals surface area contributed by atoms with Gasteiger partial charge in [0.1, 0.15) is 6.04 Å². The van der Waals surface area contributed by atoms with Gasteiger partial charge >= 0.3 is 5.92 Å². The van der Waals surface area contributed by atoms with Gasteiger partial charge in [0.25, 0.3) is 5.91 Å². The molecule has 10 nitrogen and oxygen atoms in total. The van der Waals surface area contributed by atoms with Crippen molar-refractivity contribution < 1.29 is 46.8 Å². The highest BCUT2D eigenvalue weighted by molar-refractivity contribution is 5.93. The molecule has 1 unspecified atom stereocenters. The minimum absolute atomic E-state index is 0.0109. The number of benzene rings is 3. The van der Waals surface area contributed by atoms with E-state index in [-0.39, 0.29) is 35.6 Å². The fraction of sp³-hybridized carbons (Fsp3) is 0.500. The van der Waals surface area contributed by atoms with E-state index in [9.17, 15) is 9.59 Å². The molecule has 2 amide bonds. The number of halogens is 2. The quantitative estimate of drug-likeness (QED) is 0.143. The molecule has 12 heteroatoms. The molecule has 2 heterocycles. The Kier molecular flexibility index (Phi) is 12.7. The van der Waals surface area contributed by atoms with Gasteiger partial charge in [-0.1, -0.05) is 30.3 Å². The van der Waals surface area contributed by atoms with Crippen molar-refractivity contribution in [3.8, 4) is 34.5 Å². The Labute approximate surface area is 304 Å². The van der Waals surface area contributed by atoms with Crippen molar-refractivity contribution in [2.75, 3.05) is 55.7 Å². The topological polar surface area (TPSA) is 96.0 Å². The van der Waals surface area contributed by atoms with Crippen LogP contribution in [0.3, 0.4) is 0 Å². The molecule has 52 heavy (non-hydrogen) atoms. The SMILES string of the molecule is COc1cc(CCCC(CCCc2ccccc2)CN2C[C@H]3CC[C@@H](C2=O)N3C(=O)C(F)(F)c2cc(OC)c(OC)c(OC)c2)cc(OC)c1OC. The number of methoxy groups -OCH3 is 6. The predicted molar refractivity (Wildman–Crippen MR) is 192 cm³/mol. The van der Waals surface area contributed by atoms with Crippen LogP contribution in [0.4, 0.5) is 8.78 Å². The van der Waals surface area contributed by atoms with E-state index < -0.39 is 29.5 Å². The van der Waals surface area contributed by atoms with E-state index >= 15 is 8.78 Å². The number of nitrogens with zero attached hydrogens (tertiary/aromatic N) is 2. The standard InChI is InChI=1S/C40H50F2N2O8/c1-47-32-20-28(21-33(48-2)36(32)51-5)17-11-16-27(15-10-14-26-12-8-7-9-13-26)24-43-25-30-18-19-31(38(43)45)44(30)39(46)40(41,42)29-22-34(49-3)37(52-6)35(23-29)50-4/h7-9,12-13,20-23,27,30-31H,10-11,14-19,24-25H2,1-6H3/t27?,30-,31+/m1/s1. The number of hydrogen-bond acceptors (Lipinski definition) is 8. The second-order valence-electron chi connectivity index (χ2n) is 13.4. The summed E-state index contributed by atoms with van der Waals surface area (Å²) in [5, 5.41) is 0. The minimum atomic E-state index is -3.93. The summed E-state index contributed by atoms with van der Waals surface area (Å²) in [6.07, 6.45) is 6.05. The van der Waals surface area contributed by atoms with Crippen molar-refractivity contribution >= 4 is 11.8 Å². The molecule has 2 bridgehead atoms. The molecule has 0 N–H and O–H groups in total. The lowest BCUT2D eigenvalue weighted by Gasteiger charge is -2.42. The number of amides is 2. The van der Waals surface area contributed by atoms with Gasteiger partial charge in [0.15, 0.2) is 23.0 Å². The maximum absolute atomic E-state index is 16.0. The maximum Gasteiger partial charge on any atom is 0.350 e. The third-order valence-corrected chi connectivity index (χ3v) is 10.3. The Morgan fingerprint density at radius 3 is 1.79 bits per heavy atom. The number of ether oxygens (including phenoxy) is 6. The molecule has 0 spiro atoms. The van der Waals surface area contributed by atoms with Gasteiger partial charge in [0.05, 0.1) is 48.7 Å². The van der Waals surface area contributed by atoms with Crippen molar-refractivity contribution in [2.24, 2.45) is 5.92 Å². The van der Waals surface area contributed by atoms with Crippen LogP contribution in [0.15, 0.2) is 54.6 Å². The molecule has 2 aliphatic rings. The zero-order chi connectivity index (χ0) is 37.4. The van der Waals surface area contributed by atoms with Crippen LogP contribution in [-0.4, -0.2) is 89.4 Å². The van der Waals surface area contributed by atoms with E-state index in [4.69, 9.17) is 28.4 Å². The third kappa shape index (κ3) is 8.16. The first kappa shape index (κ1) is 38.5. The summed E-state index contributed by atoms with van der Waals surface area (Å²) < 4.78 is 64.4. The van der Waals surface area contributed by atoms with Crippen LogP contribution >= 0.6 is 0 Å². The van der Waals surface area contributed by atoms with E-state index in [0.717, 1.165) is 61.1 Å². The monoisotopic (exact) mass is 724 g/mol. The zero-order valence-electron chi connectivity index (χ0n) is 30.9. The average molecular weight is 725 g/mol. The van der Waals surface area contributed by atoms with Gasteiger partial charge in [-0.05, 0) is 92.7 Å². The van der Waals surface area contributed by atoms with E-state index in [1.807, 2.05) is 30.3 Å². The van der Waals surface area contributed by atoms with E-state index in [1.54, 1.807) is 26.2 Å². The second kappa shape index (κ2) is 17.2. The summed E-state index contributed by atoms with van der Waals surface area (Å²) in [6.45, 7) is 0.718. The van der Waals surface area contributed by atoms with Gasteiger partial charge < -0.3 is 38.2 Å². The molecular weight excluding hydrogens is 674 g/mol. The molecule has 282 valence electrons. The number of carbonyl (C=O) groups is 2. The first-order valence-corrected chi connectivity index (χ1v) is 17.7. The van der Waals surface area contributed by atoms with Crippen LogP contribution in [0.5, 0.6) is 34.5 Å². The molecule has 3 aromatic rings. The van der Waals surface area contributed by atoms with Gasteiger partial charge in [-0.2, -0.15) is 8.78 Å². The molecule has 0 saturated carbocycles. The molecule has 3 aromatic carbocycles. The van der Waals surface area contributed by atoms with Crippen LogP contribution < -0.4 is 28.4 Å². The van der Waals surface area contributed by atoms with Gasteiger partial charge in [0, 0.05) is 18.7 Å². The molecule has 3 atom stereocenters. The van der Waals surface area contributed by atoms with Crippen LogP contribution in [0, 0.1) is 5.92 Å². The number of aryl methyl sites for hydroxylation is 2. The molecule has 2 aliphatic heterocycles. The molecular formula is C40H50F2N2O8. The Morgan fingerprint density at radius 1 is 0.750 bits per heavy atom. The largest absolute Gasteiger partial charge is 0.493 e. The molecule has 0 aliphatic carbocycles. The van der Waals surface area contributed by atoms with Crippen molar-refractivity contribution in [1.82, 2.24) is 9.80 Å². The van der Waals surface area contributed by atoms with E-state index in [1.165, 1.54) is 26.9 Å². The summed E-state index contributed by atoms with van der Waals surface area (Å²) in [7, 11) is 8.77. The summed E-state index contributed by atoms with van der Waals surface area (Å²) in [5.41, 5.74) is 1.71. The third-order valence-electron chi connectivity index (χ3n) is 10.3. The number of rotatable bonds is 18. The Morgan fingerprint density at radius 2 is 1.27 bits per heavy atom. The summed E-state index contributed by atoms with van der Waals surface area (Å²) in [6, 6.07) is 14.9. The number of piperazine rings is 1. The normalized spacial score (nSPS) is 17.5. The molecule has 0 radical (unpaired) electrons. The summed E-state index contributed by atoms with van der Waals surface area (Å²) in [4.78, 5) is 30.5. The molecule has 2 saturated heterocycles. The van der Waals surface area contributed by atoms with E-state index in [0.29, 0.717) is 36.6 Å². The van der Waals surface area contributed by atoms with Gasteiger partial charge in [-0.25, -0.2) is 0 Å².